The lowest BCUT2D eigenvalue weighted by molar-refractivity contribution is -0.0417. The fraction of sp³-hybridized carbons (Fsp3) is 0.636. The normalized spacial score (nSPS) is 27.0. The molecule has 0 N–H and O–H groups in total. The van der Waals surface area contributed by atoms with Gasteiger partial charge in [0.05, 0.1) is 6.61 Å². The monoisotopic (exact) mass is 180 g/mol. The highest BCUT2D eigenvalue weighted by Gasteiger charge is 2.22. The third-order valence-electron chi connectivity index (χ3n) is 2.45. The summed E-state index contributed by atoms with van der Waals surface area (Å²) in [5.74, 6) is 1.04. The van der Waals surface area contributed by atoms with Crippen LogP contribution in [0.3, 0.4) is 0 Å². The Hall–Kier alpha value is -0.760. The average Bonchev–Trinajstić information content (AvgIpc) is 2.18. The Morgan fingerprint density at radius 3 is 3.23 bits per heavy atom. The van der Waals surface area contributed by atoms with Gasteiger partial charge in [0.2, 0.25) is 0 Å². The number of rotatable bonds is 2. The molecule has 1 unspecified atom stereocenters. The van der Waals surface area contributed by atoms with Crippen LogP contribution in [0, 0.1) is 0 Å². The van der Waals surface area contributed by atoms with E-state index in [1.807, 2.05) is 0 Å². The van der Waals surface area contributed by atoms with Crippen LogP contribution in [0.5, 0.6) is 0 Å². The Balaban J connectivity index is 2.05. The second kappa shape index (κ2) is 3.97. The molecule has 13 heavy (non-hydrogen) atoms. The second-order valence-corrected chi connectivity index (χ2v) is 3.52. The molecule has 0 amide bonds. The van der Waals surface area contributed by atoms with Crippen LogP contribution in [0.15, 0.2) is 23.5 Å². The molecule has 0 spiro atoms. The van der Waals surface area contributed by atoms with E-state index in [-0.39, 0.29) is 6.10 Å². The van der Waals surface area contributed by atoms with Gasteiger partial charge in [-0.2, -0.15) is 0 Å². The lowest BCUT2D eigenvalue weighted by Gasteiger charge is -2.28. The minimum absolute atomic E-state index is 0.203. The molecule has 2 heteroatoms. The van der Waals surface area contributed by atoms with Gasteiger partial charge in [-0.05, 0) is 24.5 Å². The van der Waals surface area contributed by atoms with E-state index in [9.17, 15) is 0 Å². The summed E-state index contributed by atoms with van der Waals surface area (Å²) in [6, 6.07) is 0. The third kappa shape index (κ3) is 1.94. The van der Waals surface area contributed by atoms with Crippen molar-refractivity contribution in [3.05, 3.63) is 23.5 Å². The van der Waals surface area contributed by atoms with Gasteiger partial charge in [0.25, 0.3) is 0 Å². The van der Waals surface area contributed by atoms with Gasteiger partial charge < -0.3 is 9.47 Å². The van der Waals surface area contributed by atoms with E-state index in [2.05, 4.69) is 19.1 Å². The van der Waals surface area contributed by atoms with Gasteiger partial charge in [-0.1, -0.05) is 19.4 Å². The van der Waals surface area contributed by atoms with Gasteiger partial charge in [-0.3, -0.25) is 0 Å². The molecule has 1 saturated heterocycles. The Labute approximate surface area is 79.2 Å². The van der Waals surface area contributed by atoms with Crippen LogP contribution in [0.2, 0.25) is 0 Å². The summed E-state index contributed by atoms with van der Waals surface area (Å²) in [6.07, 6.45) is 7.96. The number of fused-ring (bicyclic) bond motifs is 1. The van der Waals surface area contributed by atoms with Gasteiger partial charge in [-0.25, -0.2) is 0 Å². The number of ether oxygens (including phenoxy) is 2. The zero-order chi connectivity index (χ0) is 9.10. The van der Waals surface area contributed by atoms with Crippen LogP contribution in [0.4, 0.5) is 0 Å². The van der Waals surface area contributed by atoms with Crippen molar-refractivity contribution in [3.8, 4) is 0 Å². The Morgan fingerprint density at radius 2 is 2.38 bits per heavy atom. The summed E-state index contributed by atoms with van der Waals surface area (Å²) in [4.78, 5) is 0. The van der Waals surface area contributed by atoms with Crippen molar-refractivity contribution in [3.63, 3.8) is 0 Å². The van der Waals surface area contributed by atoms with Crippen molar-refractivity contribution in [1.82, 2.24) is 0 Å². The summed E-state index contributed by atoms with van der Waals surface area (Å²) < 4.78 is 11.1. The maximum Gasteiger partial charge on any atom is 0.125 e. The highest BCUT2D eigenvalue weighted by molar-refractivity contribution is 5.28. The van der Waals surface area contributed by atoms with E-state index < -0.39 is 0 Å². The predicted octanol–water partition coefficient (Wildman–Crippen LogP) is 2.42. The summed E-state index contributed by atoms with van der Waals surface area (Å²) in [7, 11) is 0. The van der Waals surface area contributed by atoms with Crippen molar-refractivity contribution in [2.45, 2.75) is 32.3 Å². The molecule has 0 aromatic rings. The largest absolute Gasteiger partial charge is 0.493 e. The van der Waals surface area contributed by atoms with Gasteiger partial charge in [0.1, 0.15) is 18.5 Å². The first-order valence-electron chi connectivity index (χ1n) is 5.05. The van der Waals surface area contributed by atoms with Crippen LogP contribution < -0.4 is 0 Å². The first-order chi connectivity index (χ1) is 6.40. The Morgan fingerprint density at radius 1 is 1.46 bits per heavy atom. The average molecular weight is 180 g/mol. The lowest BCUT2D eigenvalue weighted by Crippen LogP contribution is -2.27. The first kappa shape index (κ1) is 8.82. The molecule has 72 valence electrons. The predicted molar refractivity (Wildman–Crippen MR) is 51.4 cm³/mol. The summed E-state index contributed by atoms with van der Waals surface area (Å²) >= 11 is 0. The summed E-state index contributed by atoms with van der Waals surface area (Å²) in [5, 5.41) is 0. The second-order valence-electron chi connectivity index (χ2n) is 3.52. The van der Waals surface area contributed by atoms with Crippen molar-refractivity contribution >= 4 is 0 Å². The highest BCUT2D eigenvalue weighted by atomic mass is 16.6. The molecule has 2 rings (SSSR count). The van der Waals surface area contributed by atoms with E-state index in [1.165, 1.54) is 12.0 Å². The molecule has 1 fully saturated rings. The maximum atomic E-state index is 5.57. The van der Waals surface area contributed by atoms with Crippen LogP contribution in [0.1, 0.15) is 26.2 Å². The Bertz CT molecular complexity index is 240. The number of hydrogen-bond donors (Lipinski definition) is 0. The Kier molecular flexibility index (Phi) is 2.69. The van der Waals surface area contributed by atoms with E-state index in [1.54, 1.807) is 0 Å². The molecule has 2 nitrogen and oxygen atoms in total. The van der Waals surface area contributed by atoms with E-state index >= 15 is 0 Å². The fourth-order valence-corrected chi connectivity index (χ4v) is 1.81. The molecule has 0 bridgehead atoms. The minimum atomic E-state index is 0.203. The third-order valence-corrected chi connectivity index (χ3v) is 2.45. The van der Waals surface area contributed by atoms with Crippen LogP contribution >= 0.6 is 0 Å². The van der Waals surface area contributed by atoms with Gasteiger partial charge in [0.15, 0.2) is 0 Å². The lowest BCUT2D eigenvalue weighted by atomic mass is 9.99. The van der Waals surface area contributed by atoms with Gasteiger partial charge in [-0.15, -0.1) is 0 Å². The SMILES string of the molecule is CCCC1=CCC2OCCOC2=C1. The van der Waals surface area contributed by atoms with Gasteiger partial charge in [0, 0.05) is 0 Å². The molecule has 0 radical (unpaired) electrons. The molecule has 2 aliphatic rings. The van der Waals surface area contributed by atoms with Crippen molar-refractivity contribution in [1.29, 1.82) is 0 Å². The van der Waals surface area contributed by atoms with Crippen LogP contribution in [-0.2, 0) is 9.47 Å². The van der Waals surface area contributed by atoms with Crippen LogP contribution in [0.25, 0.3) is 0 Å². The maximum absolute atomic E-state index is 5.57. The van der Waals surface area contributed by atoms with Crippen molar-refractivity contribution < 1.29 is 9.47 Å². The van der Waals surface area contributed by atoms with Crippen LogP contribution in [-0.4, -0.2) is 19.3 Å². The molecular weight excluding hydrogens is 164 g/mol. The van der Waals surface area contributed by atoms with E-state index in [0.717, 1.165) is 25.2 Å². The summed E-state index contributed by atoms with van der Waals surface area (Å²) in [5.41, 5.74) is 1.40. The molecule has 1 aliphatic carbocycles. The van der Waals surface area contributed by atoms with Gasteiger partial charge >= 0.3 is 0 Å². The summed E-state index contributed by atoms with van der Waals surface area (Å²) in [6.45, 7) is 3.64. The molecule has 1 heterocycles. The quantitative estimate of drug-likeness (QED) is 0.649. The smallest absolute Gasteiger partial charge is 0.125 e. The molecule has 1 aliphatic heterocycles. The molecule has 0 aromatic heterocycles. The number of allylic oxidation sites excluding steroid dienone is 2. The number of hydrogen-bond acceptors (Lipinski definition) is 2. The molecule has 0 saturated carbocycles. The van der Waals surface area contributed by atoms with Crippen molar-refractivity contribution in [2.24, 2.45) is 0 Å². The van der Waals surface area contributed by atoms with Crippen molar-refractivity contribution in [2.75, 3.05) is 13.2 Å². The zero-order valence-corrected chi connectivity index (χ0v) is 8.08. The van der Waals surface area contributed by atoms with E-state index in [0.29, 0.717) is 6.61 Å². The molecular formula is C11H16O2. The first-order valence-corrected chi connectivity index (χ1v) is 5.05. The topological polar surface area (TPSA) is 18.5 Å². The molecule has 1 atom stereocenters. The van der Waals surface area contributed by atoms with E-state index in [4.69, 9.17) is 9.47 Å². The highest BCUT2D eigenvalue weighted by Crippen LogP contribution is 2.26. The molecule has 0 aromatic carbocycles. The minimum Gasteiger partial charge on any atom is -0.493 e. The fourth-order valence-electron chi connectivity index (χ4n) is 1.81. The zero-order valence-electron chi connectivity index (χ0n) is 8.08. The standard InChI is InChI=1S/C11H16O2/c1-2-3-9-4-5-10-11(8-9)13-7-6-12-10/h4,8,10H,2-3,5-7H2,1H3.